The summed E-state index contributed by atoms with van der Waals surface area (Å²) in [5.74, 6) is 0. The summed E-state index contributed by atoms with van der Waals surface area (Å²) in [5, 5.41) is 21.2. The van der Waals surface area contributed by atoms with Gasteiger partial charge < -0.3 is 10.0 Å². The van der Waals surface area contributed by atoms with Crippen LogP contribution in [-0.2, 0) is 6.42 Å². The smallest absolute Gasteiger partial charge is 0.323 e. The number of benzene rings is 1. The Bertz CT molecular complexity index is 621. The van der Waals surface area contributed by atoms with E-state index in [0.29, 0.717) is 24.6 Å². The van der Waals surface area contributed by atoms with Crippen LogP contribution in [0.1, 0.15) is 29.5 Å². The fourth-order valence-electron chi connectivity index (χ4n) is 2.13. The van der Waals surface area contributed by atoms with Crippen molar-refractivity contribution >= 4 is 22.5 Å². The van der Waals surface area contributed by atoms with Crippen molar-refractivity contribution in [2.24, 2.45) is 0 Å². The van der Waals surface area contributed by atoms with E-state index < -0.39 is 0 Å². The zero-order chi connectivity index (χ0) is 16.7. The molecule has 23 heavy (non-hydrogen) atoms. The van der Waals surface area contributed by atoms with E-state index >= 15 is 0 Å². The molecule has 2 rings (SSSR count). The van der Waals surface area contributed by atoms with Gasteiger partial charge in [-0.15, -0.1) is 10.2 Å². The van der Waals surface area contributed by atoms with Crippen molar-refractivity contribution in [1.82, 2.24) is 15.1 Å². The average molecular weight is 334 g/mol. The molecule has 2 amide bonds. The van der Waals surface area contributed by atoms with E-state index in [0.717, 1.165) is 17.0 Å². The minimum absolute atomic E-state index is 0.0534. The van der Waals surface area contributed by atoms with Crippen LogP contribution in [0.5, 0.6) is 0 Å². The summed E-state index contributed by atoms with van der Waals surface area (Å²) in [5.41, 5.74) is 2.39. The zero-order valence-electron chi connectivity index (χ0n) is 13.5. The molecule has 0 aliphatic rings. The third-order valence-electron chi connectivity index (χ3n) is 3.31. The van der Waals surface area contributed by atoms with Gasteiger partial charge in [0.25, 0.3) is 0 Å². The maximum absolute atomic E-state index is 12.1. The average Bonchev–Trinajstić information content (AvgIpc) is 2.96. The Hall–Kier alpha value is -1.99. The molecule has 0 spiro atoms. The van der Waals surface area contributed by atoms with Crippen LogP contribution in [0.2, 0.25) is 0 Å². The molecule has 0 bridgehead atoms. The summed E-state index contributed by atoms with van der Waals surface area (Å²) in [6.45, 7) is 4.90. The summed E-state index contributed by atoms with van der Waals surface area (Å²) >= 11 is 1.37. The molecule has 0 unspecified atom stereocenters. The van der Waals surface area contributed by atoms with E-state index in [1.165, 1.54) is 16.9 Å². The highest BCUT2D eigenvalue weighted by atomic mass is 32.1. The molecule has 0 aliphatic carbocycles. The standard InChI is InChI=1S/C16H22N4O2S/c1-3-8-20(9-10-21)16(22)17-15-19-18-14(23-15)11-13-6-4-12(2)5-7-13/h4-7,21H,3,8-11H2,1-2H3,(H,17,19,22). The van der Waals surface area contributed by atoms with E-state index in [1.54, 1.807) is 4.90 Å². The van der Waals surface area contributed by atoms with E-state index in [9.17, 15) is 4.79 Å². The first-order valence-corrected chi connectivity index (χ1v) is 8.48. The largest absolute Gasteiger partial charge is 0.395 e. The minimum Gasteiger partial charge on any atom is -0.395 e. The summed E-state index contributed by atoms with van der Waals surface area (Å²) in [6.07, 6.45) is 1.53. The quantitative estimate of drug-likeness (QED) is 0.816. The Morgan fingerprint density at radius 3 is 2.65 bits per heavy atom. The third kappa shape index (κ3) is 5.30. The topological polar surface area (TPSA) is 78.4 Å². The molecular weight excluding hydrogens is 312 g/mol. The van der Waals surface area contributed by atoms with Gasteiger partial charge in [0.1, 0.15) is 5.01 Å². The van der Waals surface area contributed by atoms with Gasteiger partial charge in [0.05, 0.1) is 6.61 Å². The van der Waals surface area contributed by atoms with Crippen LogP contribution < -0.4 is 5.32 Å². The number of aryl methyl sites for hydroxylation is 1. The van der Waals surface area contributed by atoms with Gasteiger partial charge in [-0.2, -0.15) is 0 Å². The first-order valence-electron chi connectivity index (χ1n) is 7.67. The molecule has 1 aromatic carbocycles. The third-order valence-corrected chi connectivity index (χ3v) is 4.15. The van der Waals surface area contributed by atoms with Crippen molar-refractivity contribution < 1.29 is 9.90 Å². The number of amides is 2. The van der Waals surface area contributed by atoms with Gasteiger partial charge in [0.2, 0.25) is 5.13 Å². The number of carbonyl (C=O) groups is 1. The molecule has 0 fully saturated rings. The summed E-state index contributed by atoms with van der Waals surface area (Å²) in [4.78, 5) is 13.7. The van der Waals surface area contributed by atoms with Crippen molar-refractivity contribution in [2.45, 2.75) is 26.7 Å². The Balaban J connectivity index is 1.95. The van der Waals surface area contributed by atoms with E-state index in [4.69, 9.17) is 5.11 Å². The van der Waals surface area contributed by atoms with Gasteiger partial charge in [-0.25, -0.2) is 4.79 Å². The number of hydrogen-bond acceptors (Lipinski definition) is 5. The number of anilines is 1. The number of rotatable bonds is 7. The molecule has 0 aliphatic heterocycles. The number of hydrogen-bond donors (Lipinski definition) is 2. The van der Waals surface area contributed by atoms with Crippen molar-refractivity contribution in [3.63, 3.8) is 0 Å². The number of nitrogens with zero attached hydrogens (tertiary/aromatic N) is 3. The van der Waals surface area contributed by atoms with Gasteiger partial charge >= 0.3 is 6.03 Å². The summed E-state index contributed by atoms with van der Waals surface area (Å²) in [6, 6.07) is 8.02. The van der Waals surface area contributed by atoms with Crippen molar-refractivity contribution in [2.75, 3.05) is 25.0 Å². The highest BCUT2D eigenvalue weighted by Crippen LogP contribution is 2.19. The van der Waals surface area contributed by atoms with Crippen LogP contribution in [0.3, 0.4) is 0 Å². The lowest BCUT2D eigenvalue weighted by molar-refractivity contribution is 0.188. The molecule has 0 radical (unpaired) electrons. The van der Waals surface area contributed by atoms with Crippen molar-refractivity contribution in [3.8, 4) is 0 Å². The second kappa shape index (κ2) is 8.59. The zero-order valence-corrected chi connectivity index (χ0v) is 14.3. The predicted octanol–water partition coefficient (Wildman–Crippen LogP) is 2.67. The predicted molar refractivity (Wildman–Crippen MR) is 91.9 cm³/mol. The fraction of sp³-hybridized carbons (Fsp3) is 0.438. The van der Waals surface area contributed by atoms with Crippen molar-refractivity contribution in [3.05, 3.63) is 40.4 Å². The van der Waals surface area contributed by atoms with Crippen LogP contribution in [0.25, 0.3) is 0 Å². The molecule has 1 aromatic heterocycles. The number of urea groups is 1. The van der Waals surface area contributed by atoms with Gasteiger partial charge in [-0.1, -0.05) is 48.1 Å². The molecular formula is C16H22N4O2S. The van der Waals surface area contributed by atoms with E-state index in [-0.39, 0.29) is 12.6 Å². The molecule has 0 saturated carbocycles. The lowest BCUT2D eigenvalue weighted by Crippen LogP contribution is -2.37. The molecule has 1 heterocycles. The Labute approximate surface area is 140 Å². The van der Waals surface area contributed by atoms with E-state index in [1.807, 2.05) is 6.92 Å². The van der Waals surface area contributed by atoms with Gasteiger partial charge in [-0.3, -0.25) is 5.32 Å². The lowest BCUT2D eigenvalue weighted by Gasteiger charge is -2.20. The maximum atomic E-state index is 12.1. The second-order valence-electron chi connectivity index (χ2n) is 5.30. The normalized spacial score (nSPS) is 10.6. The van der Waals surface area contributed by atoms with Crippen LogP contribution in [0.15, 0.2) is 24.3 Å². The molecule has 6 nitrogen and oxygen atoms in total. The Kier molecular flexibility index (Phi) is 6.49. The lowest BCUT2D eigenvalue weighted by atomic mass is 10.1. The highest BCUT2D eigenvalue weighted by Gasteiger charge is 2.14. The first kappa shape index (κ1) is 17.4. The number of carbonyl (C=O) groups excluding carboxylic acids is 1. The molecule has 2 aromatic rings. The number of aliphatic hydroxyl groups is 1. The van der Waals surface area contributed by atoms with Crippen LogP contribution in [-0.4, -0.2) is 45.9 Å². The van der Waals surface area contributed by atoms with Crippen LogP contribution >= 0.6 is 11.3 Å². The number of aromatic nitrogens is 2. The molecule has 0 saturated heterocycles. The Morgan fingerprint density at radius 1 is 1.26 bits per heavy atom. The van der Waals surface area contributed by atoms with E-state index in [2.05, 4.69) is 46.7 Å². The summed E-state index contributed by atoms with van der Waals surface area (Å²) in [7, 11) is 0. The van der Waals surface area contributed by atoms with Gasteiger partial charge in [-0.05, 0) is 18.9 Å². The monoisotopic (exact) mass is 334 g/mol. The molecule has 124 valence electrons. The minimum atomic E-state index is -0.251. The molecule has 2 N–H and O–H groups in total. The maximum Gasteiger partial charge on any atom is 0.323 e. The Morgan fingerprint density at radius 2 is 2.00 bits per heavy atom. The first-order chi connectivity index (χ1) is 11.1. The van der Waals surface area contributed by atoms with Crippen molar-refractivity contribution in [1.29, 1.82) is 0 Å². The number of nitrogens with one attached hydrogen (secondary N) is 1. The van der Waals surface area contributed by atoms with Crippen LogP contribution in [0, 0.1) is 6.92 Å². The summed E-state index contributed by atoms with van der Waals surface area (Å²) < 4.78 is 0. The van der Waals surface area contributed by atoms with Gasteiger partial charge in [0, 0.05) is 19.5 Å². The number of aliphatic hydroxyl groups excluding tert-OH is 1. The molecule has 7 heteroatoms. The second-order valence-corrected chi connectivity index (χ2v) is 6.37. The van der Waals surface area contributed by atoms with Crippen LogP contribution in [0.4, 0.5) is 9.93 Å². The SMILES string of the molecule is CCCN(CCO)C(=O)Nc1nnc(Cc2ccc(C)cc2)s1. The fourth-order valence-corrected chi connectivity index (χ4v) is 2.90. The highest BCUT2D eigenvalue weighted by molar-refractivity contribution is 7.15. The molecule has 0 atom stereocenters. The van der Waals surface area contributed by atoms with Gasteiger partial charge in [0.15, 0.2) is 0 Å².